The summed E-state index contributed by atoms with van der Waals surface area (Å²) in [6.45, 7) is 0. The molecule has 0 radical (unpaired) electrons. The first-order valence-corrected chi connectivity index (χ1v) is 5.10. The van der Waals surface area contributed by atoms with E-state index in [1.54, 1.807) is 6.08 Å². The molecule has 2 rings (SSSR count). The monoisotopic (exact) mass is 254 g/mol. The molecule has 2 heterocycles. The van der Waals surface area contributed by atoms with Crippen LogP contribution in [-0.4, -0.2) is 12.1 Å². The molecule has 0 aromatic heterocycles. The maximum Gasteiger partial charge on any atom is 0.257 e. The maximum absolute atomic E-state index is 11.3. The number of hydrogen-bond donors (Lipinski definition) is 0. The van der Waals surface area contributed by atoms with Gasteiger partial charge in [-0.2, -0.15) is 5.26 Å². The minimum Gasteiger partial charge on any atom is -0.272 e. The fraction of sp³-hybridized carbons (Fsp3) is 0.125. The third-order valence-corrected chi connectivity index (χ3v) is 3.54. The van der Waals surface area contributed by atoms with E-state index in [4.69, 9.17) is 5.26 Å². The minimum absolute atomic E-state index is 0.198. The summed E-state index contributed by atoms with van der Waals surface area (Å²) >= 11 is 4.69. The summed E-state index contributed by atoms with van der Waals surface area (Å²) < 4.78 is 0.874. The molecule has 0 bridgehead atoms. The number of dihydropyridines is 1. The Morgan fingerprint density at radius 2 is 2.46 bits per heavy atom. The van der Waals surface area contributed by atoms with Crippen LogP contribution in [0.2, 0.25) is 0 Å². The highest BCUT2D eigenvalue weighted by Gasteiger charge is 2.32. The van der Waals surface area contributed by atoms with Crippen LogP contribution < -0.4 is 0 Å². The lowest BCUT2D eigenvalue weighted by molar-refractivity contribution is -0.119. The molecule has 0 saturated carbocycles. The Morgan fingerprint density at radius 3 is 3.15 bits per heavy atom. The molecule has 0 N–H and O–H groups in total. The normalized spacial score (nSPS) is 25.7. The van der Waals surface area contributed by atoms with Crippen molar-refractivity contribution < 1.29 is 4.79 Å². The van der Waals surface area contributed by atoms with Crippen molar-refractivity contribution in [3.8, 4) is 6.07 Å². The van der Waals surface area contributed by atoms with Crippen molar-refractivity contribution in [3.05, 3.63) is 20.4 Å². The van der Waals surface area contributed by atoms with Gasteiger partial charge >= 0.3 is 0 Å². The van der Waals surface area contributed by atoms with Crippen molar-refractivity contribution in [2.24, 2.45) is 10.9 Å². The first-order chi connectivity index (χ1) is 6.22. The molecule has 1 atom stereocenters. The Hall–Kier alpha value is -0.860. The van der Waals surface area contributed by atoms with Gasteiger partial charge in [0, 0.05) is 11.1 Å². The fourth-order valence-corrected chi connectivity index (χ4v) is 2.88. The number of amides is 1. The number of nitrogens with zero attached hydrogens (tertiary/aromatic N) is 2. The van der Waals surface area contributed by atoms with E-state index in [2.05, 4.69) is 20.9 Å². The van der Waals surface area contributed by atoms with Gasteiger partial charge in [0.25, 0.3) is 5.91 Å². The predicted molar refractivity (Wildman–Crippen MR) is 54.2 cm³/mol. The number of carbonyl (C=O) groups excluding carboxylic acids is 1. The second kappa shape index (κ2) is 3.13. The molecule has 2 aliphatic heterocycles. The number of fused-ring (bicyclic) bond motifs is 1. The first kappa shape index (κ1) is 8.73. The Kier molecular flexibility index (Phi) is 2.10. The Labute approximate surface area is 87.3 Å². The van der Waals surface area contributed by atoms with Crippen molar-refractivity contribution in [3.63, 3.8) is 0 Å². The van der Waals surface area contributed by atoms with Gasteiger partial charge in [-0.25, -0.2) is 4.99 Å². The van der Waals surface area contributed by atoms with Crippen LogP contribution >= 0.6 is 27.7 Å². The molecule has 0 aromatic rings. The summed E-state index contributed by atoms with van der Waals surface area (Å²) in [6.07, 6.45) is 3.11. The van der Waals surface area contributed by atoms with E-state index in [0.29, 0.717) is 5.57 Å². The van der Waals surface area contributed by atoms with E-state index in [1.165, 1.54) is 18.0 Å². The number of allylic oxidation sites excluding steroid dienone is 1. The van der Waals surface area contributed by atoms with Crippen LogP contribution in [0.15, 0.2) is 25.4 Å². The van der Waals surface area contributed by atoms with Gasteiger partial charge in [-0.1, -0.05) is 11.8 Å². The lowest BCUT2D eigenvalue weighted by atomic mass is 10.0. The van der Waals surface area contributed by atoms with Crippen LogP contribution in [0.25, 0.3) is 0 Å². The van der Waals surface area contributed by atoms with Gasteiger partial charge in [0.2, 0.25) is 0 Å². The van der Waals surface area contributed by atoms with Gasteiger partial charge in [-0.3, -0.25) is 4.79 Å². The molecule has 3 nitrogen and oxygen atoms in total. The average molecular weight is 255 g/mol. The van der Waals surface area contributed by atoms with Crippen LogP contribution in [0.1, 0.15) is 0 Å². The molecule has 0 spiro atoms. The zero-order chi connectivity index (χ0) is 9.42. The van der Waals surface area contributed by atoms with Gasteiger partial charge in [0.1, 0.15) is 6.07 Å². The molecule has 0 fully saturated rings. The van der Waals surface area contributed by atoms with Crippen molar-refractivity contribution in [2.45, 2.75) is 0 Å². The predicted octanol–water partition coefficient (Wildman–Crippen LogP) is 1.97. The van der Waals surface area contributed by atoms with Gasteiger partial charge < -0.3 is 0 Å². The number of aliphatic imine (C=N–C) groups is 1. The van der Waals surface area contributed by atoms with Gasteiger partial charge in [0.15, 0.2) is 0 Å². The molecular formula is C8H3BrN2OS. The van der Waals surface area contributed by atoms with E-state index in [0.717, 1.165) is 8.72 Å². The Balaban J connectivity index is 2.50. The summed E-state index contributed by atoms with van der Waals surface area (Å²) in [5.41, 5.74) is 0.486. The standard InChI is InChI=1S/C8H3BrN2OS/c9-6-1-5-7(13-6)4(2-10)3-11-8(5)12/h1,3,5H. The third-order valence-electron chi connectivity index (χ3n) is 1.76. The molecule has 0 saturated heterocycles. The van der Waals surface area contributed by atoms with Crippen LogP contribution in [-0.2, 0) is 4.79 Å². The second-order valence-corrected chi connectivity index (χ2v) is 5.00. The summed E-state index contributed by atoms with van der Waals surface area (Å²) in [6, 6.07) is 2.02. The number of carbonyl (C=O) groups is 1. The second-order valence-electron chi connectivity index (χ2n) is 2.54. The van der Waals surface area contributed by atoms with E-state index in [-0.39, 0.29) is 11.8 Å². The van der Waals surface area contributed by atoms with Crippen LogP contribution in [0.4, 0.5) is 0 Å². The molecule has 0 aromatic carbocycles. The summed E-state index contributed by atoms with van der Waals surface area (Å²) in [5, 5.41) is 8.75. The number of thioether (sulfide) groups is 1. The molecule has 1 unspecified atom stereocenters. The molecule has 64 valence electrons. The minimum atomic E-state index is -0.334. The number of nitriles is 1. The summed E-state index contributed by atoms with van der Waals surface area (Å²) in [7, 11) is 0. The highest BCUT2D eigenvalue weighted by molar-refractivity contribution is 9.14. The van der Waals surface area contributed by atoms with Gasteiger partial charge in [-0.05, 0) is 22.0 Å². The zero-order valence-electron chi connectivity index (χ0n) is 6.32. The van der Waals surface area contributed by atoms with Crippen LogP contribution in [0.5, 0.6) is 0 Å². The van der Waals surface area contributed by atoms with Crippen molar-refractivity contribution in [1.82, 2.24) is 0 Å². The van der Waals surface area contributed by atoms with Crippen LogP contribution in [0.3, 0.4) is 0 Å². The van der Waals surface area contributed by atoms with Gasteiger partial charge in [-0.15, -0.1) is 0 Å². The van der Waals surface area contributed by atoms with Gasteiger partial charge in [0.05, 0.1) is 15.3 Å². The smallest absolute Gasteiger partial charge is 0.257 e. The highest BCUT2D eigenvalue weighted by Crippen LogP contribution is 2.45. The summed E-state index contributed by atoms with van der Waals surface area (Å²) in [5.74, 6) is -0.532. The lowest BCUT2D eigenvalue weighted by Gasteiger charge is -2.10. The quantitative estimate of drug-likeness (QED) is 0.665. The van der Waals surface area contributed by atoms with E-state index < -0.39 is 0 Å². The Morgan fingerprint density at radius 1 is 1.69 bits per heavy atom. The molecule has 5 heteroatoms. The van der Waals surface area contributed by atoms with Crippen LogP contribution in [0, 0.1) is 17.2 Å². The SMILES string of the molecule is N#CC1=C2SC(Br)=CC2C(=O)N=C1. The van der Waals surface area contributed by atoms with Crippen molar-refractivity contribution in [1.29, 1.82) is 5.26 Å². The van der Waals surface area contributed by atoms with E-state index >= 15 is 0 Å². The fourth-order valence-electron chi connectivity index (χ4n) is 1.17. The molecule has 2 aliphatic rings. The van der Waals surface area contributed by atoms with E-state index in [9.17, 15) is 4.79 Å². The average Bonchev–Trinajstić information content (AvgIpc) is 2.48. The first-order valence-electron chi connectivity index (χ1n) is 3.49. The zero-order valence-corrected chi connectivity index (χ0v) is 8.72. The molecule has 0 aliphatic carbocycles. The number of rotatable bonds is 0. The summed E-state index contributed by atoms with van der Waals surface area (Å²) in [4.78, 5) is 15.7. The largest absolute Gasteiger partial charge is 0.272 e. The molecule has 1 amide bonds. The third kappa shape index (κ3) is 1.36. The highest BCUT2D eigenvalue weighted by atomic mass is 79.9. The van der Waals surface area contributed by atoms with E-state index in [1.807, 2.05) is 6.07 Å². The van der Waals surface area contributed by atoms with Crippen molar-refractivity contribution in [2.75, 3.05) is 0 Å². The molecular weight excluding hydrogens is 252 g/mol. The van der Waals surface area contributed by atoms with Crippen molar-refractivity contribution >= 4 is 39.8 Å². The maximum atomic E-state index is 11.3. The topological polar surface area (TPSA) is 53.2 Å². The molecule has 13 heavy (non-hydrogen) atoms. The number of halogens is 1. The lowest BCUT2D eigenvalue weighted by Crippen LogP contribution is -2.14. The Bertz CT molecular complexity index is 416. The number of hydrogen-bond acceptors (Lipinski definition) is 3.